The van der Waals surface area contributed by atoms with Gasteiger partial charge in [0.1, 0.15) is 29.3 Å². The Morgan fingerprint density at radius 2 is 2.00 bits per heavy atom. The molecule has 0 radical (unpaired) electrons. The summed E-state index contributed by atoms with van der Waals surface area (Å²) < 4.78 is 12.6. The van der Waals surface area contributed by atoms with Crippen LogP contribution in [0, 0.1) is 0 Å². The lowest BCUT2D eigenvalue weighted by Crippen LogP contribution is -2.68. The van der Waals surface area contributed by atoms with Crippen LogP contribution in [0.4, 0.5) is 5.95 Å². The lowest BCUT2D eigenvalue weighted by atomic mass is 10.0. The van der Waals surface area contributed by atoms with Gasteiger partial charge < -0.3 is 19.4 Å². The Kier molecular flexibility index (Phi) is 5.66. The van der Waals surface area contributed by atoms with Gasteiger partial charge in [-0.3, -0.25) is 14.5 Å². The first kappa shape index (κ1) is 22.2. The van der Waals surface area contributed by atoms with Crippen LogP contribution < -0.4 is 5.32 Å². The van der Waals surface area contributed by atoms with Crippen molar-refractivity contribution in [1.82, 2.24) is 14.5 Å². The molecule has 1 aromatic heterocycles. The fourth-order valence-electron chi connectivity index (χ4n) is 3.71. The molecular formula is C22H26N4O5S. The molecule has 2 aliphatic rings. The summed E-state index contributed by atoms with van der Waals surface area (Å²) in [5.74, 6) is -0.283. The first-order valence-corrected chi connectivity index (χ1v) is 11.3. The molecule has 1 unspecified atom stereocenters. The van der Waals surface area contributed by atoms with Crippen molar-refractivity contribution in [3.63, 3.8) is 0 Å². The first-order valence-electron chi connectivity index (χ1n) is 10.3. The summed E-state index contributed by atoms with van der Waals surface area (Å²) in [6.07, 6.45) is 0. The molecule has 4 rings (SSSR count). The highest BCUT2D eigenvalue weighted by Crippen LogP contribution is 2.42. The lowest BCUT2D eigenvalue weighted by Gasteiger charge is -2.50. The second-order valence-corrected chi connectivity index (χ2v) is 9.85. The van der Waals surface area contributed by atoms with E-state index in [0.717, 1.165) is 11.0 Å². The zero-order valence-electron chi connectivity index (χ0n) is 18.7. The predicted molar refractivity (Wildman–Crippen MR) is 121 cm³/mol. The van der Waals surface area contributed by atoms with Crippen LogP contribution in [0.3, 0.4) is 0 Å². The number of fused-ring (bicyclic) bond motifs is 2. The number of carbonyl (C=O) groups excluding carboxylic acids is 3. The van der Waals surface area contributed by atoms with Gasteiger partial charge in [-0.05, 0) is 32.9 Å². The van der Waals surface area contributed by atoms with E-state index in [1.807, 2.05) is 35.9 Å². The number of hydrogen-bond donors (Lipinski definition) is 1. The minimum absolute atomic E-state index is 0.0593. The van der Waals surface area contributed by atoms with Crippen molar-refractivity contribution in [2.45, 2.75) is 44.7 Å². The van der Waals surface area contributed by atoms with Crippen molar-refractivity contribution in [1.29, 1.82) is 0 Å². The number of aryl methyl sites for hydroxylation is 1. The summed E-state index contributed by atoms with van der Waals surface area (Å²) >= 11 is 1.50. The van der Waals surface area contributed by atoms with E-state index in [1.54, 1.807) is 20.8 Å². The number of carbonyl (C=O) groups is 3. The number of nitrogens with one attached hydrogen (secondary N) is 1. The van der Waals surface area contributed by atoms with Gasteiger partial charge in [-0.2, -0.15) is 0 Å². The van der Waals surface area contributed by atoms with Gasteiger partial charge in [0.2, 0.25) is 5.95 Å². The normalized spacial score (nSPS) is 20.7. The predicted octanol–water partition coefficient (Wildman–Crippen LogP) is 2.43. The van der Waals surface area contributed by atoms with Gasteiger partial charge in [0.15, 0.2) is 0 Å². The summed E-state index contributed by atoms with van der Waals surface area (Å²) in [6.45, 7) is 6.54. The summed E-state index contributed by atoms with van der Waals surface area (Å²) in [5.41, 5.74) is 1.78. The Balaban J connectivity index is 1.60. The van der Waals surface area contributed by atoms with E-state index in [-0.39, 0.29) is 23.6 Å². The molecule has 10 heteroatoms. The summed E-state index contributed by atoms with van der Waals surface area (Å²) in [7, 11) is 1.88. The van der Waals surface area contributed by atoms with Gasteiger partial charge in [0.25, 0.3) is 5.91 Å². The number of nitrogens with zero attached hydrogens (tertiary/aromatic N) is 3. The van der Waals surface area contributed by atoms with Crippen LogP contribution in [0.5, 0.6) is 0 Å². The Bertz CT molecular complexity index is 1130. The van der Waals surface area contributed by atoms with E-state index < -0.39 is 23.6 Å². The number of aromatic nitrogens is 2. The number of ether oxygens (including phenoxy) is 2. The smallest absolute Gasteiger partial charge is 0.355 e. The molecule has 2 aromatic rings. The highest BCUT2D eigenvalue weighted by atomic mass is 32.2. The molecule has 1 N–H and O–H groups in total. The zero-order valence-corrected chi connectivity index (χ0v) is 19.5. The third-order valence-electron chi connectivity index (χ3n) is 5.16. The summed E-state index contributed by atoms with van der Waals surface area (Å²) in [4.78, 5) is 43.5. The number of para-hydroxylation sites is 2. The fourth-order valence-corrected chi connectivity index (χ4v) is 5.04. The van der Waals surface area contributed by atoms with Crippen molar-refractivity contribution in [3.05, 3.63) is 35.5 Å². The molecule has 0 bridgehead atoms. The molecule has 170 valence electrons. The van der Waals surface area contributed by atoms with Gasteiger partial charge in [-0.15, -0.1) is 11.8 Å². The van der Waals surface area contributed by atoms with Crippen LogP contribution in [-0.2, 0) is 30.9 Å². The molecule has 9 nitrogen and oxygen atoms in total. The number of thioether (sulfide) groups is 1. The maximum absolute atomic E-state index is 13.2. The minimum Gasteiger partial charge on any atom is -0.461 e. The van der Waals surface area contributed by atoms with Crippen LogP contribution in [0.25, 0.3) is 11.0 Å². The van der Waals surface area contributed by atoms with E-state index in [4.69, 9.17) is 9.47 Å². The zero-order chi connectivity index (χ0) is 23.2. The van der Waals surface area contributed by atoms with E-state index in [2.05, 4.69) is 10.3 Å². The standard InChI is InChI=1S/C22H26N4O5S/c1-12(27)30-10-13-11-32-19-16(18(28)26(19)17(13)20(29)31-22(2,3)4)24-21-23-14-8-6-7-9-15(14)25(21)5/h6-9,16,19H,10-11H2,1-5H3,(H,23,24)/t16?,19-/m0/s1. The number of esters is 2. The molecular weight excluding hydrogens is 432 g/mol. The van der Waals surface area contributed by atoms with Gasteiger partial charge in [0.05, 0.1) is 11.0 Å². The van der Waals surface area contributed by atoms with Gasteiger partial charge >= 0.3 is 11.9 Å². The second-order valence-electron chi connectivity index (χ2n) is 8.75. The van der Waals surface area contributed by atoms with Crippen LogP contribution in [0.2, 0.25) is 0 Å². The molecule has 1 aromatic carbocycles. The average molecular weight is 459 g/mol. The molecule has 2 atom stereocenters. The van der Waals surface area contributed by atoms with Crippen LogP contribution in [-0.4, -0.2) is 61.7 Å². The number of benzene rings is 1. The van der Waals surface area contributed by atoms with Crippen LogP contribution in [0.1, 0.15) is 27.7 Å². The Morgan fingerprint density at radius 1 is 1.28 bits per heavy atom. The number of hydrogen-bond acceptors (Lipinski definition) is 8. The number of rotatable bonds is 5. The largest absolute Gasteiger partial charge is 0.461 e. The number of β-lactam (4-membered cyclic amide) rings is 1. The summed E-state index contributed by atoms with van der Waals surface area (Å²) in [5, 5.41) is 2.94. The quantitative estimate of drug-likeness (QED) is 0.538. The average Bonchev–Trinajstić information content (AvgIpc) is 3.04. The molecule has 1 amide bonds. The highest BCUT2D eigenvalue weighted by Gasteiger charge is 2.54. The molecule has 1 saturated heterocycles. The third-order valence-corrected chi connectivity index (χ3v) is 6.50. The molecule has 0 saturated carbocycles. The number of imidazole rings is 1. The monoisotopic (exact) mass is 458 g/mol. The lowest BCUT2D eigenvalue weighted by molar-refractivity contribution is -0.157. The minimum atomic E-state index is -0.727. The second kappa shape index (κ2) is 8.16. The van der Waals surface area contributed by atoms with E-state index in [9.17, 15) is 14.4 Å². The van der Waals surface area contributed by atoms with Crippen molar-refractivity contribution in [3.8, 4) is 0 Å². The van der Waals surface area contributed by atoms with E-state index in [1.165, 1.54) is 23.6 Å². The highest BCUT2D eigenvalue weighted by molar-refractivity contribution is 8.00. The van der Waals surface area contributed by atoms with Crippen molar-refractivity contribution in [2.24, 2.45) is 7.05 Å². The van der Waals surface area contributed by atoms with Gasteiger partial charge in [-0.1, -0.05) is 12.1 Å². The molecule has 1 fully saturated rings. The Hall–Kier alpha value is -3.01. The first-order chi connectivity index (χ1) is 15.1. The molecule has 32 heavy (non-hydrogen) atoms. The van der Waals surface area contributed by atoms with Crippen molar-refractivity contribution >= 4 is 46.6 Å². The van der Waals surface area contributed by atoms with Crippen molar-refractivity contribution in [2.75, 3.05) is 17.7 Å². The van der Waals surface area contributed by atoms with Gasteiger partial charge in [0, 0.05) is 25.3 Å². The maximum atomic E-state index is 13.2. The maximum Gasteiger partial charge on any atom is 0.355 e. The third kappa shape index (κ3) is 4.06. The van der Waals surface area contributed by atoms with Crippen molar-refractivity contribution < 1.29 is 23.9 Å². The topological polar surface area (TPSA) is 103 Å². The molecule has 0 spiro atoms. The van der Waals surface area contributed by atoms with Crippen LogP contribution >= 0.6 is 11.8 Å². The van der Waals surface area contributed by atoms with E-state index >= 15 is 0 Å². The molecule has 3 heterocycles. The number of amides is 1. The SMILES string of the molecule is CC(=O)OCC1=C(C(=O)OC(C)(C)C)N2C(=O)C(Nc3nc4ccccc4n3C)[C@@H]2SC1. The Labute approximate surface area is 190 Å². The van der Waals surface area contributed by atoms with E-state index in [0.29, 0.717) is 17.3 Å². The van der Waals surface area contributed by atoms with Crippen LogP contribution in [0.15, 0.2) is 35.5 Å². The molecule has 2 aliphatic heterocycles. The fraction of sp³-hybridized carbons (Fsp3) is 0.455. The Morgan fingerprint density at radius 3 is 2.66 bits per heavy atom. The summed E-state index contributed by atoms with van der Waals surface area (Å²) in [6, 6.07) is 7.18. The van der Waals surface area contributed by atoms with Gasteiger partial charge in [-0.25, -0.2) is 9.78 Å². The molecule has 0 aliphatic carbocycles. The number of anilines is 1.